The Hall–Kier alpha value is -1.78. The lowest BCUT2D eigenvalue weighted by Gasteiger charge is -2.35. The first-order valence-electron chi connectivity index (χ1n) is 8.32. The number of H-pyrrole nitrogens is 1. The summed E-state index contributed by atoms with van der Waals surface area (Å²) in [7, 11) is -3.73. The van der Waals surface area contributed by atoms with E-state index in [1.165, 1.54) is 22.5 Å². The van der Waals surface area contributed by atoms with Gasteiger partial charge in [0.1, 0.15) is 16.5 Å². The quantitative estimate of drug-likeness (QED) is 0.590. The molecule has 3 aromatic rings. The molecule has 3 N–H and O–H groups in total. The van der Waals surface area contributed by atoms with E-state index in [-0.39, 0.29) is 34.9 Å². The molecule has 146 valence electrons. The SMILES string of the molecule is NC1CN(S(=O)(=O)c2cc(-c3ncc(-c4ccc(Br)c(F)c4)[nH]3)ccc2Cl)C1. The van der Waals surface area contributed by atoms with E-state index < -0.39 is 10.0 Å². The van der Waals surface area contributed by atoms with Crippen LogP contribution < -0.4 is 5.73 Å². The van der Waals surface area contributed by atoms with Gasteiger partial charge in [-0.3, -0.25) is 0 Å². The summed E-state index contributed by atoms with van der Waals surface area (Å²) in [5.74, 6) is 0.0630. The third kappa shape index (κ3) is 3.48. The molecule has 6 nitrogen and oxygen atoms in total. The van der Waals surface area contributed by atoms with Crippen molar-refractivity contribution in [3.63, 3.8) is 0 Å². The molecule has 0 atom stereocenters. The highest BCUT2D eigenvalue weighted by Gasteiger charge is 2.36. The van der Waals surface area contributed by atoms with Crippen molar-refractivity contribution >= 4 is 37.6 Å². The van der Waals surface area contributed by atoms with Crippen molar-refractivity contribution < 1.29 is 12.8 Å². The normalized spacial score (nSPS) is 15.6. The van der Waals surface area contributed by atoms with Crippen LogP contribution in [0.25, 0.3) is 22.6 Å². The molecule has 0 radical (unpaired) electrons. The highest BCUT2D eigenvalue weighted by Crippen LogP contribution is 2.32. The first kappa shape index (κ1) is 19.5. The number of benzene rings is 2. The fourth-order valence-electron chi connectivity index (χ4n) is 2.93. The Labute approximate surface area is 174 Å². The number of rotatable bonds is 4. The Bertz CT molecular complexity index is 1160. The van der Waals surface area contributed by atoms with Gasteiger partial charge in [-0.15, -0.1) is 0 Å². The Morgan fingerprint density at radius 3 is 2.61 bits per heavy atom. The number of imidazole rings is 1. The van der Waals surface area contributed by atoms with E-state index >= 15 is 0 Å². The summed E-state index contributed by atoms with van der Waals surface area (Å²) in [4.78, 5) is 7.39. The molecule has 2 heterocycles. The van der Waals surface area contributed by atoms with Gasteiger partial charge in [-0.25, -0.2) is 17.8 Å². The molecule has 28 heavy (non-hydrogen) atoms. The van der Waals surface area contributed by atoms with Gasteiger partial charge in [0, 0.05) is 30.3 Å². The van der Waals surface area contributed by atoms with Crippen LogP contribution in [0.4, 0.5) is 4.39 Å². The van der Waals surface area contributed by atoms with E-state index in [4.69, 9.17) is 17.3 Å². The largest absolute Gasteiger partial charge is 0.338 e. The van der Waals surface area contributed by atoms with Crippen LogP contribution in [0.15, 0.2) is 52.0 Å². The Morgan fingerprint density at radius 2 is 1.93 bits per heavy atom. The molecule has 1 aliphatic rings. The third-order valence-electron chi connectivity index (χ3n) is 4.51. The van der Waals surface area contributed by atoms with Crippen molar-refractivity contribution in [1.82, 2.24) is 14.3 Å². The maximum absolute atomic E-state index is 13.8. The average molecular weight is 486 g/mol. The van der Waals surface area contributed by atoms with Gasteiger partial charge in [0.15, 0.2) is 0 Å². The number of halogens is 3. The van der Waals surface area contributed by atoms with Crippen molar-refractivity contribution in [2.75, 3.05) is 13.1 Å². The first-order chi connectivity index (χ1) is 13.3. The maximum Gasteiger partial charge on any atom is 0.244 e. The van der Waals surface area contributed by atoms with E-state index in [1.807, 2.05) is 0 Å². The van der Waals surface area contributed by atoms with E-state index in [0.717, 1.165) is 0 Å². The van der Waals surface area contributed by atoms with Crippen LogP contribution in [-0.2, 0) is 10.0 Å². The van der Waals surface area contributed by atoms with Gasteiger partial charge in [0.25, 0.3) is 0 Å². The molecule has 2 aromatic carbocycles. The number of nitrogens with one attached hydrogen (secondary N) is 1. The number of nitrogens with two attached hydrogens (primary N) is 1. The topological polar surface area (TPSA) is 92.1 Å². The molecule has 0 saturated carbocycles. The minimum absolute atomic E-state index is 0.00574. The van der Waals surface area contributed by atoms with E-state index in [9.17, 15) is 12.8 Å². The standard InChI is InChI=1S/C18H15BrClFN4O2S/c19-13-3-1-10(5-15(13)21)16-7-23-18(24-16)11-2-4-14(20)17(6-11)28(26,27)25-8-12(22)9-25/h1-7,12H,8-9,22H2,(H,23,24). The number of hydrogen-bond donors (Lipinski definition) is 2. The fourth-order valence-corrected chi connectivity index (χ4v) is 5.23. The minimum atomic E-state index is -3.73. The van der Waals surface area contributed by atoms with Gasteiger partial charge in [0.05, 0.1) is 21.4 Å². The van der Waals surface area contributed by atoms with Gasteiger partial charge < -0.3 is 10.7 Å². The zero-order chi connectivity index (χ0) is 20.1. The molecule has 0 spiro atoms. The molecule has 1 aromatic heterocycles. The van der Waals surface area contributed by atoms with Crippen LogP contribution in [0.1, 0.15) is 0 Å². The molecule has 1 fully saturated rings. The van der Waals surface area contributed by atoms with Gasteiger partial charge in [-0.2, -0.15) is 4.31 Å². The number of nitrogens with zero attached hydrogens (tertiary/aromatic N) is 2. The predicted molar refractivity (Wildman–Crippen MR) is 109 cm³/mol. The molecule has 0 amide bonds. The van der Waals surface area contributed by atoms with E-state index in [2.05, 4.69) is 25.9 Å². The predicted octanol–water partition coefficient (Wildman–Crippen LogP) is 3.63. The van der Waals surface area contributed by atoms with Gasteiger partial charge in [-0.1, -0.05) is 17.7 Å². The Balaban J connectivity index is 1.69. The van der Waals surface area contributed by atoms with Crippen molar-refractivity contribution in [2.45, 2.75) is 10.9 Å². The fraction of sp³-hybridized carbons (Fsp3) is 0.167. The molecule has 0 unspecified atom stereocenters. The van der Waals surface area contributed by atoms with Crippen LogP contribution in [0.2, 0.25) is 5.02 Å². The van der Waals surface area contributed by atoms with Gasteiger partial charge in [-0.05, 0) is 46.3 Å². The molecular weight excluding hydrogens is 471 g/mol. The van der Waals surface area contributed by atoms with Crippen LogP contribution in [0.3, 0.4) is 0 Å². The van der Waals surface area contributed by atoms with Crippen LogP contribution in [-0.4, -0.2) is 41.8 Å². The zero-order valence-electron chi connectivity index (χ0n) is 14.4. The van der Waals surface area contributed by atoms with E-state index in [1.54, 1.807) is 24.4 Å². The number of aromatic nitrogens is 2. The highest BCUT2D eigenvalue weighted by atomic mass is 79.9. The van der Waals surface area contributed by atoms with Gasteiger partial charge >= 0.3 is 0 Å². The van der Waals surface area contributed by atoms with E-state index in [0.29, 0.717) is 27.1 Å². The average Bonchev–Trinajstić information content (AvgIpc) is 3.11. The second-order valence-electron chi connectivity index (χ2n) is 6.50. The molecule has 1 saturated heterocycles. The van der Waals surface area contributed by atoms with Crippen molar-refractivity contribution in [3.8, 4) is 22.6 Å². The number of hydrogen-bond acceptors (Lipinski definition) is 4. The van der Waals surface area contributed by atoms with Crippen LogP contribution >= 0.6 is 27.5 Å². The van der Waals surface area contributed by atoms with Crippen molar-refractivity contribution in [3.05, 3.63) is 57.9 Å². The second kappa shape index (κ2) is 7.23. The maximum atomic E-state index is 13.8. The lowest BCUT2D eigenvalue weighted by molar-refractivity contribution is 0.265. The Kier molecular flexibility index (Phi) is 5.05. The van der Waals surface area contributed by atoms with Crippen molar-refractivity contribution in [2.24, 2.45) is 5.73 Å². The summed E-state index contributed by atoms with van der Waals surface area (Å²) in [5, 5.41) is 0.131. The zero-order valence-corrected chi connectivity index (χ0v) is 17.5. The van der Waals surface area contributed by atoms with Crippen LogP contribution in [0.5, 0.6) is 0 Å². The first-order valence-corrected chi connectivity index (χ1v) is 10.9. The number of sulfonamides is 1. The number of aromatic amines is 1. The summed E-state index contributed by atoms with van der Waals surface area (Å²) in [6, 6.07) is 9.25. The molecule has 0 aliphatic carbocycles. The highest BCUT2D eigenvalue weighted by molar-refractivity contribution is 9.10. The molecular formula is C18H15BrClFN4O2S. The third-order valence-corrected chi connectivity index (χ3v) is 7.46. The summed E-state index contributed by atoms with van der Waals surface area (Å²) in [6.07, 6.45) is 1.56. The summed E-state index contributed by atoms with van der Waals surface area (Å²) in [6.45, 7) is 0.534. The molecule has 0 bridgehead atoms. The Morgan fingerprint density at radius 1 is 1.21 bits per heavy atom. The lowest BCUT2D eigenvalue weighted by atomic mass is 10.2. The second-order valence-corrected chi connectivity index (χ2v) is 9.67. The lowest BCUT2D eigenvalue weighted by Crippen LogP contribution is -2.57. The molecule has 10 heteroatoms. The summed E-state index contributed by atoms with van der Waals surface area (Å²) >= 11 is 9.27. The minimum Gasteiger partial charge on any atom is -0.338 e. The van der Waals surface area contributed by atoms with Gasteiger partial charge in [0.2, 0.25) is 10.0 Å². The summed E-state index contributed by atoms with van der Waals surface area (Å²) in [5.41, 5.74) is 7.48. The summed E-state index contributed by atoms with van der Waals surface area (Å²) < 4.78 is 41.0. The van der Waals surface area contributed by atoms with Crippen LogP contribution in [0, 0.1) is 5.82 Å². The smallest absolute Gasteiger partial charge is 0.244 e. The molecule has 4 rings (SSSR count). The monoisotopic (exact) mass is 484 g/mol. The van der Waals surface area contributed by atoms with Crippen molar-refractivity contribution in [1.29, 1.82) is 0 Å². The molecule has 1 aliphatic heterocycles.